The molecular weight excluding hydrogens is 508 g/mol. The fraction of sp³-hybridized carbons (Fsp3) is 0.222. The summed E-state index contributed by atoms with van der Waals surface area (Å²) >= 11 is 1.38. The number of aryl methyl sites for hydroxylation is 1. The van der Waals surface area contributed by atoms with Gasteiger partial charge in [-0.15, -0.1) is 11.3 Å². The summed E-state index contributed by atoms with van der Waals surface area (Å²) in [7, 11) is -1.31. The van der Waals surface area contributed by atoms with Crippen LogP contribution in [0.15, 0.2) is 71.1 Å². The van der Waals surface area contributed by atoms with Gasteiger partial charge in [-0.1, -0.05) is 13.0 Å². The van der Waals surface area contributed by atoms with Gasteiger partial charge in [0.2, 0.25) is 0 Å². The largest absolute Gasteiger partial charge is 0.457 e. The maximum Gasteiger partial charge on any atom is 0.257 e. The van der Waals surface area contributed by atoms with E-state index in [9.17, 15) is 13.2 Å². The summed E-state index contributed by atoms with van der Waals surface area (Å²) in [5.74, 6) is 0.542. The predicted octanol–water partition coefficient (Wildman–Crippen LogP) is 5.41. The summed E-state index contributed by atoms with van der Waals surface area (Å²) in [6.45, 7) is 5.63. The SMILES string of the molecule is CCN(C)Cc1csc(NC(=O)c2cc(Oc3ccc(S(C)(=O)=O)cc3)cc(-c3ncccc3C)c2)n1. The van der Waals surface area contributed by atoms with E-state index in [1.165, 1.54) is 23.5 Å². The van der Waals surface area contributed by atoms with Crippen LogP contribution in [0.3, 0.4) is 0 Å². The molecule has 2 aromatic heterocycles. The highest BCUT2D eigenvalue weighted by Crippen LogP contribution is 2.31. The molecule has 2 heterocycles. The summed E-state index contributed by atoms with van der Waals surface area (Å²) in [6, 6.07) is 15.2. The average Bonchev–Trinajstić information content (AvgIpc) is 3.30. The Balaban J connectivity index is 1.64. The number of sulfone groups is 1. The van der Waals surface area contributed by atoms with E-state index in [2.05, 4.69) is 27.1 Å². The Morgan fingerprint density at radius 2 is 1.86 bits per heavy atom. The van der Waals surface area contributed by atoms with Crippen LogP contribution in [0.1, 0.15) is 28.5 Å². The molecule has 0 unspecified atom stereocenters. The third kappa shape index (κ3) is 6.79. The van der Waals surface area contributed by atoms with E-state index < -0.39 is 9.84 Å². The molecule has 8 nitrogen and oxygen atoms in total. The lowest BCUT2D eigenvalue weighted by Gasteiger charge is -2.12. The van der Waals surface area contributed by atoms with Crippen LogP contribution in [-0.2, 0) is 16.4 Å². The highest BCUT2D eigenvalue weighted by Gasteiger charge is 2.15. The molecule has 0 aliphatic carbocycles. The highest BCUT2D eigenvalue weighted by atomic mass is 32.2. The standard InChI is InChI=1S/C27H28N4O4S2/c1-5-31(3)16-21-17-36-27(29-21)30-26(32)20-13-19(25-18(2)7-6-12-28-25)14-23(15-20)35-22-8-10-24(11-9-22)37(4,33)34/h6-15,17H,5,16H2,1-4H3,(H,29,30,32). The van der Waals surface area contributed by atoms with Crippen LogP contribution in [0.5, 0.6) is 11.5 Å². The number of pyridine rings is 1. The second kappa shape index (κ2) is 11.2. The Kier molecular flexibility index (Phi) is 8.01. The van der Waals surface area contributed by atoms with Crippen LogP contribution in [0.2, 0.25) is 0 Å². The lowest BCUT2D eigenvalue weighted by atomic mass is 10.0. The van der Waals surface area contributed by atoms with E-state index in [1.54, 1.807) is 36.5 Å². The number of benzene rings is 2. The average molecular weight is 537 g/mol. The van der Waals surface area contributed by atoms with Crippen molar-refractivity contribution in [3.05, 3.63) is 83.0 Å². The highest BCUT2D eigenvalue weighted by molar-refractivity contribution is 7.90. The minimum Gasteiger partial charge on any atom is -0.457 e. The first-order valence-corrected chi connectivity index (χ1v) is 14.4. The van der Waals surface area contributed by atoms with Crippen LogP contribution in [0, 0.1) is 6.92 Å². The number of nitrogens with one attached hydrogen (secondary N) is 1. The first-order valence-electron chi connectivity index (χ1n) is 11.6. The van der Waals surface area contributed by atoms with Gasteiger partial charge in [-0.25, -0.2) is 13.4 Å². The van der Waals surface area contributed by atoms with E-state index >= 15 is 0 Å². The first kappa shape index (κ1) is 26.5. The minimum absolute atomic E-state index is 0.200. The van der Waals surface area contributed by atoms with E-state index in [0.29, 0.717) is 28.7 Å². The molecule has 0 saturated carbocycles. The molecule has 37 heavy (non-hydrogen) atoms. The fourth-order valence-corrected chi connectivity index (χ4v) is 4.93. The third-order valence-electron chi connectivity index (χ3n) is 5.68. The number of carbonyl (C=O) groups is 1. The van der Waals surface area contributed by atoms with E-state index in [0.717, 1.165) is 35.3 Å². The third-order valence-corrected chi connectivity index (χ3v) is 7.62. The minimum atomic E-state index is -3.32. The summed E-state index contributed by atoms with van der Waals surface area (Å²) in [4.78, 5) is 24.6. The van der Waals surface area contributed by atoms with Crippen molar-refractivity contribution in [1.29, 1.82) is 0 Å². The second-order valence-electron chi connectivity index (χ2n) is 8.69. The lowest BCUT2D eigenvalue weighted by Crippen LogP contribution is -2.17. The zero-order valence-electron chi connectivity index (χ0n) is 21.1. The van der Waals surface area contributed by atoms with E-state index in [1.807, 2.05) is 31.5 Å². The van der Waals surface area contributed by atoms with Gasteiger partial charge in [0.15, 0.2) is 15.0 Å². The van der Waals surface area contributed by atoms with Crippen molar-refractivity contribution in [2.75, 3.05) is 25.2 Å². The monoisotopic (exact) mass is 536 g/mol. The molecule has 0 aliphatic heterocycles. The Morgan fingerprint density at radius 1 is 1.11 bits per heavy atom. The molecule has 0 radical (unpaired) electrons. The van der Waals surface area contributed by atoms with Crippen molar-refractivity contribution in [1.82, 2.24) is 14.9 Å². The summed E-state index contributed by atoms with van der Waals surface area (Å²) in [6.07, 6.45) is 2.85. The summed E-state index contributed by atoms with van der Waals surface area (Å²) in [5.41, 5.74) is 3.68. The van der Waals surface area contributed by atoms with Crippen molar-refractivity contribution < 1.29 is 17.9 Å². The van der Waals surface area contributed by atoms with Crippen molar-refractivity contribution in [3.63, 3.8) is 0 Å². The molecule has 1 N–H and O–H groups in total. The Bertz CT molecular complexity index is 1520. The maximum atomic E-state index is 13.2. The molecule has 0 bridgehead atoms. The first-order chi connectivity index (χ1) is 17.6. The molecule has 192 valence electrons. The molecule has 4 rings (SSSR count). The topological polar surface area (TPSA) is 101 Å². The molecule has 2 aromatic carbocycles. The number of hydrogen-bond donors (Lipinski definition) is 1. The number of hydrogen-bond acceptors (Lipinski definition) is 8. The molecule has 4 aromatic rings. The molecule has 0 fully saturated rings. The van der Waals surface area contributed by atoms with Crippen LogP contribution < -0.4 is 10.1 Å². The van der Waals surface area contributed by atoms with Crippen LogP contribution in [0.4, 0.5) is 5.13 Å². The smallest absolute Gasteiger partial charge is 0.257 e. The van der Waals surface area contributed by atoms with Gasteiger partial charge < -0.3 is 9.64 Å². The van der Waals surface area contributed by atoms with Gasteiger partial charge in [0.05, 0.1) is 16.3 Å². The molecule has 0 saturated heterocycles. The quantitative estimate of drug-likeness (QED) is 0.305. The normalized spacial score (nSPS) is 11.5. The molecule has 0 aliphatic rings. The second-order valence-corrected chi connectivity index (χ2v) is 11.6. The van der Waals surface area contributed by atoms with E-state index in [-0.39, 0.29) is 10.8 Å². The predicted molar refractivity (Wildman–Crippen MR) is 146 cm³/mol. The number of carbonyl (C=O) groups excluding carboxylic acids is 1. The van der Waals surface area contributed by atoms with Crippen LogP contribution >= 0.6 is 11.3 Å². The van der Waals surface area contributed by atoms with Crippen molar-refractivity contribution in [3.8, 4) is 22.8 Å². The van der Waals surface area contributed by atoms with Gasteiger partial charge in [0.25, 0.3) is 5.91 Å². The van der Waals surface area contributed by atoms with Crippen molar-refractivity contribution in [2.45, 2.75) is 25.3 Å². The number of anilines is 1. The van der Waals surface area contributed by atoms with Gasteiger partial charge in [0, 0.05) is 35.5 Å². The van der Waals surface area contributed by atoms with Gasteiger partial charge in [-0.05, 0) is 74.6 Å². The van der Waals surface area contributed by atoms with Crippen LogP contribution in [0.25, 0.3) is 11.3 Å². The number of nitrogens with zero attached hydrogens (tertiary/aromatic N) is 3. The number of amides is 1. The fourth-order valence-electron chi connectivity index (χ4n) is 3.60. The van der Waals surface area contributed by atoms with Crippen molar-refractivity contribution >= 4 is 32.2 Å². The zero-order chi connectivity index (χ0) is 26.6. The number of rotatable bonds is 9. The summed E-state index contributed by atoms with van der Waals surface area (Å²) in [5, 5.41) is 5.34. The Hall–Kier alpha value is -3.60. The van der Waals surface area contributed by atoms with Gasteiger partial charge in [-0.3, -0.25) is 15.1 Å². The molecule has 0 atom stereocenters. The Morgan fingerprint density at radius 3 is 2.54 bits per heavy atom. The molecule has 1 amide bonds. The van der Waals surface area contributed by atoms with Gasteiger partial charge in [0.1, 0.15) is 11.5 Å². The van der Waals surface area contributed by atoms with Crippen LogP contribution in [-0.4, -0.2) is 49.0 Å². The Labute approximate surface area is 220 Å². The van der Waals surface area contributed by atoms with E-state index in [4.69, 9.17) is 4.74 Å². The number of thiazole rings is 1. The lowest BCUT2D eigenvalue weighted by molar-refractivity contribution is 0.102. The van der Waals surface area contributed by atoms with Gasteiger partial charge >= 0.3 is 0 Å². The molecular formula is C27H28N4O4S2. The number of aromatic nitrogens is 2. The maximum absolute atomic E-state index is 13.2. The van der Waals surface area contributed by atoms with Crippen molar-refractivity contribution in [2.24, 2.45) is 0 Å². The molecule has 10 heteroatoms. The zero-order valence-corrected chi connectivity index (χ0v) is 22.7. The number of ether oxygens (including phenoxy) is 1. The van der Waals surface area contributed by atoms with Gasteiger partial charge in [-0.2, -0.15) is 0 Å². The molecule has 0 spiro atoms. The summed E-state index contributed by atoms with van der Waals surface area (Å²) < 4.78 is 29.6.